The summed E-state index contributed by atoms with van der Waals surface area (Å²) in [5.74, 6) is -1.02. The summed E-state index contributed by atoms with van der Waals surface area (Å²) >= 11 is 0. The maximum atomic E-state index is 12.1. The molecule has 232 valence electrons. The highest BCUT2D eigenvalue weighted by molar-refractivity contribution is 5.72. The van der Waals surface area contributed by atoms with Crippen molar-refractivity contribution < 1.29 is 64.2 Å². The van der Waals surface area contributed by atoms with E-state index in [0.717, 1.165) is 44.9 Å². The van der Waals surface area contributed by atoms with Crippen molar-refractivity contribution in [3.63, 3.8) is 0 Å². The first-order chi connectivity index (χ1) is 19.1. The molecule has 0 aromatic heterocycles. The maximum Gasteiger partial charge on any atom is 0.332 e. The Kier molecular flexibility index (Phi) is 11.6. The highest BCUT2D eigenvalue weighted by Gasteiger charge is 2.50. The smallest absolute Gasteiger partial charge is 0.332 e. The molecule has 2 aliphatic carbocycles. The van der Waals surface area contributed by atoms with Crippen molar-refractivity contribution in [2.75, 3.05) is 6.61 Å². The van der Waals surface area contributed by atoms with Gasteiger partial charge in [0.1, 0.15) is 42.7 Å². The van der Waals surface area contributed by atoms with Crippen LogP contribution in [0.25, 0.3) is 0 Å². The van der Waals surface area contributed by atoms with Gasteiger partial charge in [0.2, 0.25) is 0 Å². The zero-order chi connectivity index (χ0) is 29.0. The summed E-state index contributed by atoms with van der Waals surface area (Å²) < 4.78 is 29.2. The van der Waals surface area contributed by atoms with Gasteiger partial charge in [0, 0.05) is 0 Å². The number of hydrogen-bond donors (Lipinski definition) is 7. The Morgan fingerprint density at radius 1 is 0.775 bits per heavy atom. The molecule has 2 saturated carbocycles. The first-order valence-electron chi connectivity index (χ1n) is 14.6. The quantitative estimate of drug-likeness (QED) is 0.173. The molecule has 4 rings (SSSR count). The molecule has 2 unspecified atom stereocenters. The SMILES string of the molecule is C[C@@H]1O[C@@H](OC2CCCCC2O[C@@H]2O[C@H](CO)[C@H](O)[C@H](O[C@@H](CC3CCCCC3)C(=O)O)[C@H]2O)[C@@H](O)[C@H](O)[C@@H]1O. The molecule has 0 radical (unpaired) electrons. The van der Waals surface area contributed by atoms with E-state index in [2.05, 4.69) is 0 Å². The van der Waals surface area contributed by atoms with E-state index < -0.39 is 92.3 Å². The van der Waals surface area contributed by atoms with Crippen LogP contribution >= 0.6 is 0 Å². The molecule has 0 aromatic carbocycles. The predicted octanol–water partition coefficient (Wildman–Crippen LogP) is -0.594. The summed E-state index contributed by atoms with van der Waals surface area (Å²) in [4.78, 5) is 12.1. The molecular formula is C27H46O13. The topological polar surface area (TPSA) is 205 Å². The molecule has 0 aromatic rings. The molecule has 0 bridgehead atoms. The van der Waals surface area contributed by atoms with Gasteiger partial charge in [-0.05, 0) is 32.1 Å². The molecular weight excluding hydrogens is 532 g/mol. The molecule has 0 spiro atoms. The van der Waals surface area contributed by atoms with Crippen molar-refractivity contribution in [1.82, 2.24) is 0 Å². The third-order valence-electron chi connectivity index (χ3n) is 8.76. The average Bonchev–Trinajstić information content (AvgIpc) is 2.95. The number of rotatable bonds is 10. The van der Waals surface area contributed by atoms with Crippen molar-refractivity contribution in [3.8, 4) is 0 Å². The normalized spacial score (nSPS) is 44.3. The summed E-state index contributed by atoms with van der Waals surface area (Å²) in [5.41, 5.74) is 0. The highest BCUT2D eigenvalue weighted by atomic mass is 16.7. The van der Waals surface area contributed by atoms with Gasteiger partial charge in [-0.1, -0.05) is 44.9 Å². The van der Waals surface area contributed by atoms with Gasteiger partial charge in [-0.2, -0.15) is 0 Å². The van der Waals surface area contributed by atoms with E-state index in [9.17, 15) is 40.5 Å². The number of aliphatic carboxylic acids is 1. The van der Waals surface area contributed by atoms with Gasteiger partial charge in [-0.25, -0.2) is 4.79 Å². The fraction of sp³-hybridized carbons (Fsp3) is 0.963. The number of carboxylic acid groups (broad SMARTS) is 1. The van der Waals surface area contributed by atoms with E-state index in [0.29, 0.717) is 12.8 Å². The van der Waals surface area contributed by atoms with Crippen LogP contribution in [0.2, 0.25) is 0 Å². The van der Waals surface area contributed by atoms with Crippen molar-refractivity contribution in [2.24, 2.45) is 5.92 Å². The summed E-state index contributed by atoms with van der Waals surface area (Å²) in [6, 6.07) is 0. The monoisotopic (exact) mass is 578 g/mol. The third kappa shape index (κ3) is 7.51. The van der Waals surface area contributed by atoms with E-state index in [-0.39, 0.29) is 12.3 Å². The zero-order valence-electron chi connectivity index (χ0n) is 22.9. The fourth-order valence-electron chi connectivity index (χ4n) is 6.30. The second kappa shape index (κ2) is 14.5. The van der Waals surface area contributed by atoms with Gasteiger partial charge in [0.25, 0.3) is 0 Å². The lowest BCUT2D eigenvalue weighted by molar-refractivity contribution is -0.345. The van der Waals surface area contributed by atoms with Gasteiger partial charge in [0.05, 0.1) is 24.9 Å². The van der Waals surface area contributed by atoms with E-state index in [1.807, 2.05) is 0 Å². The molecule has 13 atom stereocenters. The molecule has 7 N–H and O–H groups in total. The van der Waals surface area contributed by atoms with E-state index in [1.165, 1.54) is 0 Å². The van der Waals surface area contributed by atoms with Crippen molar-refractivity contribution in [3.05, 3.63) is 0 Å². The second-order valence-electron chi connectivity index (χ2n) is 11.7. The van der Waals surface area contributed by atoms with Crippen molar-refractivity contribution >= 4 is 5.97 Å². The average molecular weight is 579 g/mol. The number of ether oxygens (including phenoxy) is 5. The molecule has 2 aliphatic heterocycles. The van der Waals surface area contributed by atoms with Gasteiger partial charge in [-0.3, -0.25) is 0 Å². The first kappa shape index (κ1) is 32.0. The standard InChI is InChI=1S/C27H46O13/c1-13-19(29)21(31)22(32)26(36-13)38-15-9-5-6-10-16(15)39-27-23(33)24(20(30)18(12-28)40-27)37-17(25(34)35)11-14-7-3-2-4-8-14/h13-24,26-33H,2-12H2,1H3,(H,34,35)/t13-,15?,16?,17-,18+,19+,20-,21+,22-,23+,24-,26-,27+/m0/s1. The third-order valence-corrected chi connectivity index (χ3v) is 8.76. The first-order valence-corrected chi connectivity index (χ1v) is 14.6. The van der Waals surface area contributed by atoms with E-state index >= 15 is 0 Å². The number of aliphatic hydroxyl groups excluding tert-OH is 6. The van der Waals surface area contributed by atoms with Gasteiger partial charge >= 0.3 is 5.97 Å². The fourth-order valence-corrected chi connectivity index (χ4v) is 6.30. The zero-order valence-corrected chi connectivity index (χ0v) is 22.9. The molecule has 4 fully saturated rings. The summed E-state index contributed by atoms with van der Waals surface area (Å²) in [5, 5.41) is 72.2. The molecule has 4 aliphatic rings. The van der Waals surface area contributed by atoms with E-state index in [1.54, 1.807) is 6.92 Å². The van der Waals surface area contributed by atoms with Crippen LogP contribution in [0.3, 0.4) is 0 Å². The Balaban J connectivity index is 1.43. The van der Waals surface area contributed by atoms with Crippen LogP contribution < -0.4 is 0 Å². The van der Waals surface area contributed by atoms with Crippen LogP contribution in [0.5, 0.6) is 0 Å². The highest BCUT2D eigenvalue weighted by Crippen LogP contribution is 2.34. The lowest BCUT2D eigenvalue weighted by Crippen LogP contribution is -2.62. The Morgan fingerprint density at radius 2 is 1.35 bits per heavy atom. The van der Waals surface area contributed by atoms with Crippen LogP contribution in [0.15, 0.2) is 0 Å². The number of hydrogen-bond acceptors (Lipinski definition) is 12. The van der Waals surface area contributed by atoms with E-state index in [4.69, 9.17) is 23.7 Å². The Labute approximate surface area is 233 Å². The van der Waals surface area contributed by atoms with Gasteiger partial charge in [0.15, 0.2) is 18.7 Å². The summed E-state index contributed by atoms with van der Waals surface area (Å²) in [6.07, 6.45) is -8.00. The van der Waals surface area contributed by atoms with Gasteiger partial charge < -0.3 is 59.4 Å². The molecule has 40 heavy (non-hydrogen) atoms. The van der Waals surface area contributed by atoms with Crippen molar-refractivity contribution in [2.45, 2.75) is 151 Å². The van der Waals surface area contributed by atoms with Gasteiger partial charge in [-0.15, -0.1) is 0 Å². The largest absolute Gasteiger partial charge is 0.479 e. The lowest BCUT2D eigenvalue weighted by Gasteiger charge is -2.46. The van der Waals surface area contributed by atoms with Crippen molar-refractivity contribution in [1.29, 1.82) is 0 Å². The molecule has 13 heteroatoms. The minimum absolute atomic E-state index is 0.171. The number of aliphatic hydroxyl groups is 6. The number of carboxylic acids is 1. The van der Waals surface area contributed by atoms with Crippen LogP contribution in [-0.2, 0) is 28.5 Å². The molecule has 13 nitrogen and oxygen atoms in total. The van der Waals surface area contributed by atoms with Crippen LogP contribution in [0.4, 0.5) is 0 Å². The Bertz CT molecular complexity index is 794. The van der Waals surface area contributed by atoms with Crippen LogP contribution in [-0.4, -0.2) is 128 Å². The van der Waals surface area contributed by atoms with Crippen LogP contribution in [0, 0.1) is 5.92 Å². The molecule has 2 saturated heterocycles. The minimum Gasteiger partial charge on any atom is -0.479 e. The Morgan fingerprint density at radius 3 is 1.93 bits per heavy atom. The lowest BCUT2D eigenvalue weighted by atomic mass is 9.85. The second-order valence-corrected chi connectivity index (χ2v) is 11.7. The summed E-state index contributed by atoms with van der Waals surface area (Å²) in [6.45, 7) is 0.940. The van der Waals surface area contributed by atoms with Crippen LogP contribution in [0.1, 0.15) is 71.1 Å². The summed E-state index contributed by atoms with van der Waals surface area (Å²) in [7, 11) is 0. The molecule has 0 amide bonds. The molecule has 2 heterocycles. The number of carbonyl (C=O) groups is 1. The predicted molar refractivity (Wildman–Crippen MR) is 136 cm³/mol. The Hall–Kier alpha value is -0.970. The minimum atomic E-state index is -1.57. The maximum absolute atomic E-state index is 12.1.